The molecule has 23 heavy (non-hydrogen) atoms. The van der Waals surface area contributed by atoms with Crippen LogP contribution in [0.4, 0.5) is 0 Å². The molecule has 0 saturated carbocycles. The van der Waals surface area contributed by atoms with Gasteiger partial charge in [0.05, 0.1) is 12.6 Å². The molecule has 0 unspecified atom stereocenters. The summed E-state index contributed by atoms with van der Waals surface area (Å²) in [6.07, 6.45) is 3.61. The van der Waals surface area contributed by atoms with Crippen molar-refractivity contribution in [1.29, 1.82) is 0 Å². The highest BCUT2D eigenvalue weighted by atomic mass is 16.5. The van der Waals surface area contributed by atoms with Crippen LogP contribution in [0.25, 0.3) is 0 Å². The number of benzene rings is 1. The van der Waals surface area contributed by atoms with E-state index in [0.717, 1.165) is 31.3 Å². The maximum atomic E-state index is 12.3. The van der Waals surface area contributed by atoms with Crippen molar-refractivity contribution in [1.82, 2.24) is 5.32 Å². The van der Waals surface area contributed by atoms with E-state index in [0.29, 0.717) is 5.56 Å². The molecule has 0 aliphatic heterocycles. The minimum absolute atomic E-state index is 0.160. The molecule has 0 radical (unpaired) electrons. The Kier molecular flexibility index (Phi) is 6.77. The van der Waals surface area contributed by atoms with Crippen LogP contribution in [0.2, 0.25) is 0 Å². The summed E-state index contributed by atoms with van der Waals surface area (Å²) in [5.74, 6) is -0.491. The summed E-state index contributed by atoms with van der Waals surface area (Å²) < 4.78 is 5.10. The van der Waals surface area contributed by atoms with Gasteiger partial charge in [-0.1, -0.05) is 36.4 Å². The number of carbonyl (C=O) groups excluding carboxylic acids is 1. The quantitative estimate of drug-likeness (QED) is 0.669. The second-order valence-corrected chi connectivity index (χ2v) is 5.85. The number of hydrogen-bond acceptors (Lipinski definition) is 4. The monoisotopic (exact) mass is 319 g/mol. The van der Waals surface area contributed by atoms with Crippen molar-refractivity contribution in [3.05, 3.63) is 47.5 Å². The highest BCUT2D eigenvalue weighted by Crippen LogP contribution is 2.21. The van der Waals surface area contributed by atoms with Gasteiger partial charge in [0.1, 0.15) is 6.10 Å². The van der Waals surface area contributed by atoms with Crippen LogP contribution in [0, 0.1) is 0 Å². The summed E-state index contributed by atoms with van der Waals surface area (Å²) in [6, 6.07) is 8.48. The molecule has 3 N–H and O–H groups in total. The van der Waals surface area contributed by atoms with E-state index in [2.05, 4.69) is 5.32 Å². The predicted octanol–water partition coefficient (Wildman–Crippen LogP) is 1.71. The number of carbonyl (C=O) groups is 1. The number of allylic oxidation sites excluding steroid dienone is 1. The van der Waals surface area contributed by atoms with Gasteiger partial charge in [0.25, 0.3) is 5.91 Å². The Morgan fingerprint density at radius 3 is 2.61 bits per heavy atom. The first-order valence-corrected chi connectivity index (χ1v) is 8.02. The van der Waals surface area contributed by atoms with E-state index in [-0.39, 0.29) is 6.61 Å². The summed E-state index contributed by atoms with van der Waals surface area (Å²) in [6.45, 7) is 0.160. The third-order valence-electron chi connectivity index (χ3n) is 4.12. The van der Waals surface area contributed by atoms with Crippen molar-refractivity contribution >= 4 is 5.91 Å². The van der Waals surface area contributed by atoms with Crippen LogP contribution in [0.5, 0.6) is 0 Å². The number of aliphatic hydroxyl groups excluding tert-OH is 2. The Balaban J connectivity index is 2.03. The fraction of sp³-hybridized carbons (Fsp3) is 0.500. The second-order valence-electron chi connectivity index (χ2n) is 5.85. The van der Waals surface area contributed by atoms with Crippen molar-refractivity contribution in [2.45, 2.75) is 43.9 Å². The van der Waals surface area contributed by atoms with Gasteiger partial charge >= 0.3 is 0 Å². The number of ether oxygens (including phenoxy) is 1. The molecule has 0 fully saturated rings. The largest absolute Gasteiger partial charge is 0.386 e. The maximum Gasteiger partial charge on any atom is 0.253 e. The molecular formula is C18H25NO4. The Hall–Kier alpha value is -1.69. The normalized spacial score (nSPS) is 18.7. The van der Waals surface area contributed by atoms with Crippen LogP contribution < -0.4 is 5.32 Å². The van der Waals surface area contributed by atoms with E-state index in [1.165, 1.54) is 7.11 Å². The first-order chi connectivity index (χ1) is 11.1. The SMILES string of the molecule is COC[C@H](NC(=O)[C@@H](O)C1=CCCCC1)[C@H](O)c1ccccc1. The predicted molar refractivity (Wildman–Crippen MR) is 87.8 cm³/mol. The third kappa shape index (κ3) is 4.89. The van der Waals surface area contributed by atoms with E-state index in [9.17, 15) is 15.0 Å². The van der Waals surface area contributed by atoms with Crippen molar-refractivity contribution in [3.63, 3.8) is 0 Å². The van der Waals surface area contributed by atoms with Crippen molar-refractivity contribution in [2.75, 3.05) is 13.7 Å². The van der Waals surface area contributed by atoms with Gasteiger partial charge in [-0.2, -0.15) is 0 Å². The van der Waals surface area contributed by atoms with Crippen LogP contribution in [0.1, 0.15) is 37.4 Å². The third-order valence-corrected chi connectivity index (χ3v) is 4.12. The molecule has 3 atom stereocenters. The zero-order valence-corrected chi connectivity index (χ0v) is 13.4. The highest BCUT2D eigenvalue weighted by molar-refractivity contribution is 5.84. The van der Waals surface area contributed by atoms with Gasteiger partial charge in [0.15, 0.2) is 6.10 Å². The number of hydrogen-bond donors (Lipinski definition) is 3. The Bertz CT molecular complexity index is 529. The van der Waals surface area contributed by atoms with E-state index < -0.39 is 24.2 Å². The lowest BCUT2D eigenvalue weighted by molar-refractivity contribution is -0.130. The summed E-state index contributed by atoms with van der Waals surface area (Å²) in [4.78, 5) is 12.3. The van der Waals surface area contributed by atoms with Crippen LogP contribution in [-0.4, -0.2) is 42.0 Å². The highest BCUT2D eigenvalue weighted by Gasteiger charge is 2.27. The molecule has 5 nitrogen and oxygen atoms in total. The van der Waals surface area contributed by atoms with Crippen molar-refractivity contribution in [3.8, 4) is 0 Å². The lowest BCUT2D eigenvalue weighted by Crippen LogP contribution is -2.47. The van der Waals surface area contributed by atoms with E-state index >= 15 is 0 Å². The van der Waals surface area contributed by atoms with E-state index in [1.807, 2.05) is 24.3 Å². The average molecular weight is 319 g/mol. The van der Waals surface area contributed by atoms with Gasteiger partial charge in [0, 0.05) is 7.11 Å². The van der Waals surface area contributed by atoms with E-state index in [1.54, 1.807) is 12.1 Å². The molecular weight excluding hydrogens is 294 g/mol. The first-order valence-electron chi connectivity index (χ1n) is 8.02. The Morgan fingerprint density at radius 2 is 2.00 bits per heavy atom. The zero-order valence-electron chi connectivity index (χ0n) is 13.4. The molecule has 1 aromatic rings. The Labute approximate surface area is 137 Å². The van der Waals surface area contributed by atoms with Crippen LogP contribution in [0.3, 0.4) is 0 Å². The molecule has 1 aromatic carbocycles. The van der Waals surface area contributed by atoms with Crippen molar-refractivity contribution < 1.29 is 19.7 Å². The number of nitrogens with one attached hydrogen (secondary N) is 1. The van der Waals surface area contributed by atoms with E-state index in [4.69, 9.17) is 4.74 Å². The van der Waals surface area contributed by atoms with Gasteiger partial charge in [-0.15, -0.1) is 0 Å². The second kappa shape index (κ2) is 8.82. The first kappa shape index (κ1) is 17.7. The van der Waals surface area contributed by atoms with Gasteiger partial charge in [-0.25, -0.2) is 0 Å². The van der Waals surface area contributed by atoms with Crippen LogP contribution in [0.15, 0.2) is 42.0 Å². The van der Waals surface area contributed by atoms with Gasteiger partial charge < -0.3 is 20.3 Å². The smallest absolute Gasteiger partial charge is 0.253 e. The van der Waals surface area contributed by atoms with Crippen LogP contribution >= 0.6 is 0 Å². The number of aliphatic hydroxyl groups is 2. The molecule has 0 heterocycles. The fourth-order valence-electron chi connectivity index (χ4n) is 2.82. The molecule has 1 aliphatic rings. The maximum absolute atomic E-state index is 12.3. The summed E-state index contributed by atoms with van der Waals surface area (Å²) in [5.41, 5.74) is 1.46. The number of amides is 1. The van der Waals surface area contributed by atoms with Gasteiger partial charge in [0.2, 0.25) is 0 Å². The minimum atomic E-state index is -1.15. The average Bonchev–Trinajstić information content (AvgIpc) is 2.61. The minimum Gasteiger partial charge on any atom is -0.386 e. The summed E-state index contributed by atoms with van der Waals surface area (Å²) in [7, 11) is 1.51. The number of methoxy groups -OCH3 is 1. The molecule has 0 aromatic heterocycles. The summed E-state index contributed by atoms with van der Waals surface area (Å²) >= 11 is 0. The lowest BCUT2D eigenvalue weighted by Gasteiger charge is -2.26. The standard InChI is InChI=1S/C18H25NO4/c1-23-12-15(16(20)13-8-4-2-5-9-13)19-18(22)17(21)14-10-6-3-7-11-14/h2,4-5,8-10,15-17,20-21H,3,6-7,11-12H2,1H3,(H,19,22)/t15-,16+,17-/m0/s1. The topological polar surface area (TPSA) is 78.8 Å². The molecule has 2 rings (SSSR count). The van der Waals surface area contributed by atoms with Crippen molar-refractivity contribution in [2.24, 2.45) is 0 Å². The molecule has 0 spiro atoms. The van der Waals surface area contributed by atoms with Crippen LogP contribution in [-0.2, 0) is 9.53 Å². The summed E-state index contributed by atoms with van der Waals surface area (Å²) in [5, 5.41) is 23.4. The molecule has 1 amide bonds. The molecule has 5 heteroatoms. The fourth-order valence-corrected chi connectivity index (χ4v) is 2.82. The number of rotatable bonds is 7. The molecule has 126 valence electrons. The molecule has 0 saturated heterocycles. The lowest BCUT2D eigenvalue weighted by atomic mass is 9.94. The van der Waals surface area contributed by atoms with Gasteiger partial charge in [-0.3, -0.25) is 4.79 Å². The zero-order chi connectivity index (χ0) is 16.7. The molecule has 1 aliphatic carbocycles. The van der Waals surface area contributed by atoms with Gasteiger partial charge in [-0.05, 0) is 36.8 Å². The molecule has 0 bridgehead atoms. The Morgan fingerprint density at radius 1 is 1.26 bits per heavy atom.